The normalized spacial score (nSPS) is 14.2. The third kappa shape index (κ3) is 4.68. The minimum Gasteiger partial charge on any atom is -0.368 e. The Morgan fingerprint density at radius 1 is 1.33 bits per heavy atom. The van der Waals surface area contributed by atoms with Crippen LogP contribution in [0.2, 0.25) is 0 Å². The second-order valence-electron chi connectivity index (χ2n) is 3.85. The van der Waals surface area contributed by atoms with E-state index in [0.29, 0.717) is 0 Å². The monoisotopic (exact) mass is 292 g/mol. The van der Waals surface area contributed by atoms with Gasteiger partial charge in [-0.2, -0.15) is 0 Å². The van der Waals surface area contributed by atoms with E-state index in [9.17, 15) is 4.79 Å². The Kier molecular flexibility index (Phi) is 7.66. The summed E-state index contributed by atoms with van der Waals surface area (Å²) in [6.45, 7) is 5.43. The molecule has 1 aliphatic rings. The first-order valence-corrected chi connectivity index (χ1v) is 5.44. The molecule has 0 aliphatic carbocycles. The summed E-state index contributed by atoms with van der Waals surface area (Å²) in [5, 5.41) is 6.04. The van der Waals surface area contributed by atoms with Crippen LogP contribution < -0.4 is 15.5 Å². The molecular formula is C11H18Cl2N4O. The summed E-state index contributed by atoms with van der Waals surface area (Å²) in [5.41, 5.74) is 1.82. The quantitative estimate of drug-likeness (QED) is 0.863. The number of anilines is 2. The maximum atomic E-state index is 10.9. The van der Waals surface area contributed by atoms with Crippen LogP contribution >= 0.6 is 24.8 Å². The van der Waals surface area contributed by atoms with Gasteiger partial charge in [-0.1, -0.05) is 0 Å². The number of pyridine rings is 1. The van der Waals surface area contributed by atoms with Crippen LogP contribution in [0, 0.1) is 0 Å². The number of hydrogen-bond acceptors (Lipinski definition) is 4. The van der Waals surface area contributed by atoms with Gasteiger partial charge in [-0.05, 0) is 6.07 Å². The second kappa shape index (κ2) is 8.13. The van der Waals surface area contributed by atoms with E-state index in [-0.39, 0.29) is 30.7 Å². The number of rotatable bonds is 2. The van der Waals surface area contributed by atoms with Gasteiger partial charge >= 0.3 is 0 Å². The lowest BCUT2D eigenvalue weighted by Gasteiger charge is -2.29. The molecule has 1 fully saturated rings. The van der Waals surface area contributed by atoms with Crippen LogP contribution in [-0.2, 0) is 4.79 Å². The van der Waals surface area contributed by atoms with Gasteiger partial charge in [-0.25, -0.2) is 0 Å². The summed E-state index contributed by atoms with van der Waals surface area (Å²) in [6, 6.07) is 1.96. The van der Waals surface area contributed by atoms with Gasteiger partial charge in [-0.3, -0.25) is 9.78 Å². The van der Waals surface area contributed by atoms with Crippen molar-refractivity contribution >= 4 is 42.1 Å². The number of hydrogen-bond donors (Lipinski definition) is 2. The first-order valence-electron chi connectivity index (χ1n) is 5.44. The Morgan fingerprint density at radius 3 is 2.61 bits per heavy atom. The molecule has 1 amide bonds. The van der Waals surface area contributed by atoms with Crippen LogP contribution in [-0.4, -0.2) is 37.1 Å². The van der Waals surface area contributed by atoms with Gasteiger partial charge in [0.1, 0.15) is 0 Å². The van der Waals surface area contributed by atoms with Gasteiger partial charge in [0.15, 0.2) is 0 Å². The molecule has 0 saturated carbocycles. The van der Waals surface area contributed by atoms with Gasteiger partial charge in [0.05, 0.1) is 23.8 Å². The molecule has 1 aromatic heterocycles. The van der Waals surface area contributed by atoms with Crippen molar-refractivity contribution in [1.29, 1.82) is 0 Å². The van der Waals surface area contributed by atoms with Gasteiger partial charge < -0.3 is 15.5 Å². The van der Waals surface area contributed by atoms with Gasteiger partial charge in [0.25, 0.3) is 0 Å². The fraction of sp³-hybridized carbons (Fsp3) is 0.455. The molecular weight excluding hydrogens is 275 g/mol. The lowest BCUT2D eigenvalue weighted by Crippen LogP contribution is -2.43. The summed E-state index contributed by atoms with van der Waals surface area (Å²) in [4.78, 5) is 17.3. The van der Waals surface area contributed by atoms with Crippen LogP contribution in [0.5, 0.6) is 0 Å². The molecule has 2 rings (SSSR count). The smallest absolute Gasteiger partial charge is 0.221 e. The van der Waals surface area contributed by atoms with E-state index < -0.39 is 0 Å². The van der Waals surface area contributed by atoms with Crippen LogP contribution in [0.4, 0.5) is 11.4 Å². The highest BCUT2D eigenvalue weighted by Gasteiger charge is 2.11. The summed E-state index contributed by atoms with van der Waals surface area (Å²) in [5.74, 6) is -0.0701. The van der Waals surface area contributed by atoms with Crippen molar-refractivity contribution in [3.63, 3.8) is 0 Å². The molecule has 102 valence electrons. The number of nitrogens with zero attached hydrogens (tertiary/aromatic N) is 2. The molecule has 2 N–H and O–H groups in total. The molecule has 0 unspecified atom stereocenters. The molecule has 0 spiro atoms. The van der Waals surface area contributed by atoms with E-state index in [0.717, 1.165) is 37.6 Å². The zero-order chi connectivity index (χ0) is 11.4. The standard InChI is InChI=1S/C11H16N4O.2ClH/c1-9(16)14-10-6-11(8-13-7-10)15-4-2-12-3-5-15;;/h6-8,12H,2-5H2,1H3,(H,14,16);2*1H. The number of halogens is 2. The van der Waals surface area contributed by atoms with Crippen molar-refractivity contribution in [2.45, 2.75) is 6.92 Å². The van der Waals surface area contributed by atoms with Crippen molar-refractivity contribution < 1.29 is 4.79 Å². The molecule has 7 heteroatoms. The van der Waals surface area contributed by atoms with Crippen molar-refractivity contribution in [1.82, 2.24) is 10.3 Å². The topological polar surface area (TPSA) is 57.3 Å². The maximum absolute atomic E-state index is 10.9. The predicted octanol–water partition coefficient (Wildman–Crippen LogP) is 1.29. The molecule has 0 atom stereocenters. The SMILES string of the molecule is CC(=O)Nc1cncc(N2CCNCC2)c1.Cl.Cl. The highest BCUT2D eigenvalue weighted by atomic mass is 35.5. The maximum Gasteiger partial charge on any atom is 0.221 e. The summed E-state index contributed by atoms with van der Waals surface area (Å²) in [7, 11) is 0. The van der Waals surface area contributed by atoms with Crippen LogP contribution in [0.1, 0.15) is 6.92 Å². The molecule has 18 heavy (non-hydrogen) atoms. The largest absolute Gasteiger partial charge is 0.368 e. The minimum atomic E-state index is -0.0701. The zero-order valence-corrected chi connectivity index (χ0v) is 11.8. The average Bonchev–Trinajstić information content (AvgIpc) is 2.30. The number of piperazine rings is 1. The average molecular weight is 293 g/mol. The molecule has 0 aromatic carbocycles. The van der Waals surface area contributed by atoms with Crippen molar-refractivity contribution in [3.05, 3.63) is 18.5 Å². The summed E-state index contributed by atoms with van der Waals surface area (Å²) in [6.07, 6.45) is 3.49. The van der Waals surface area contributed by atoms with E-state index in [1.54, 1.807) is 6.20 Å². The number of aromatic nitrogens is 1. The first-order chi connectivity index (χ1) is 7.75. The number of carbonyl (C=O) groups is 1. The molecule has 0 radical (unpaired) electrons. The molecule has 1 aromatic rings. The fourth-order valence-electron chi connectivity index (χ4n) is 1.80. The Bertz CT molecular complexity index is 383. The predicted molar refractivity (Wildman–Crippen MR) is 78.1 cm³/mol. The highest BCUT2D eigenvalue weighted by Crippen LogP contribution is 2.17. The van der Waals surface area contributed by atoms with E-state index in [2.05, 4.69) is 20.5 Å². The molecule has 1 saturated heterocycles. The van der Waals surface area contributed by atoms with Gasteiger partial charge in [0, 0.05) is 33.1 Å². The van der Waals surface area contributed by atoms with Crippen LogP contribution in [0.3, 0.4) is 0 Å². The van der Waals surface area contributed by atoms with Crippen molar-refractivity contribution in [3.8, 4) is 0 Å². The third-order valence-electron chi connectivity index (χ3n) is 2.53. The van der Waals surface area contributed by atoms with E-state index in [4.69, 9.17) is 0 Å². The third-order valence-corrected chi connectivity index (χ3v) is 2.53. The van der Waals surface area contributed by atoms with E-state index in [1.807, 2.05) is 12.3 Å². The minimum absolute atomic E-state index is 0. The van der Waals surface area contributed by atoms with E-state index >= 15 is 0 Å². The highest BCUT2D eigenvalue weighted by molar-refractivity contribution is 5.89. The first kappa shape index (κ1) is 17.0. The molecule has 2 heterocycles. The Labute approximate surface area is 119 Å². The Balaban J connectivity index is 0.00000144. The molecule has 0 bridgehead atoms. The summed E-state index contributed by atoms with van der Waals surface area (Å²) >= 11 is 0. The fourth-order valence-corrected chi connectivity index (χ4v) is 1.80. The van der Waals surface area contributed by atoms with E-state index in [1.165, 1.54) is 6.92 Å². The van der Waals surface area contributed by atoms with Gasteiger partial charge in [0.2, 0.25) is 5.91 Å². The zero-order valence-electron chi connectivity index (χ0n) is 10.2. The number of carbonyl (C=O) groups excluding carboxylic acids is 1. The lowest BCUT2D eigenvalue weighted by atomic mass is 10.3. The Morgan fingerprint density at radius 2 is 2.00 bits per heavy atom. The van der Waals surface area contributed by atoms with Gasteiger partial charge in [-0.15, -0.1) is 24.8 Å². The molecule has 1 aliphatic heterocycles. The van der Waals surface area contributed by atoms with Crippen LogP contribution in [0.15, 0.2) is 18.5 Å². The lowest BCUT2D eigenvalue weighted by molar-refractivity contribution is -0.114. The number of amides is 1. The van der Waals surface area contributed by atoms with Crippen molar-refractivity contribution in [2.24, 2.45) is 0 Å². The Hall–Kier alpha value is -1.04. The number of nitrogens with one attached hydrogen (secondary N) is 2. The molecule has 5 nitrogen and oxygen atoms in total. The van der Waals surface area contributed by atoms with Crippen LogP contribution in [0.25, 0.3) is 0 Å². The summed E-state index contributed by atoms with van der Waals surface area (Å²) < 4.78 is 0. The second-order valence-corrected chi connectivity index (χ2v) is 3.85. The van der Waals surface area contributed by atoms with Crippen molar-refractivity contribution in [2.75, 3.05) is 36.4 Å².